The van der Waals surface area contributed by atoms with Crippen LogP contribution in [0, 0.1) is 6.92 Å². The van der Waals surface area contributed by atoms with Crippen molar-refractivity contribution >= 4 is 34.8 Å². The first-order chi connectivity index (χ1) is 11.6. The Bertz CT molecular complexity index is 790. The summed E-state index contributed by atoms with van der Waals surface area (Å²) in [6.45, 7) is 3.01. The summed E-state index contributed by atoms with van der Waals surface area (Å²) in [7, 11) is 0. The number of halogens is 2. The number of rotatable bonds is 2. The molecule has 1 amide bonds. The topological polar surface area (TPSA) is 23.6 Å². The lowest BCUT2D eigenvalue weighted by Gasteiger charge is -2.30. The van der Waals surface area contributed by atoms with Gasteiger partial charge in [-0.1, -0.05) is 53.0 Å². The Kier molecular flexibility index (Phi) is 4.03. The molecule has 2 aromatic carbocycles. The Labute approximate surface area is 151 Å². The summed E-state index contributed by atoms with van der Waals surface area (Å²) >= 11 is 12.2. The monoisotopic (exact) mass is 360 g/mol. The number of carbonyl (C=O) groups is 1. The predicted octanol–water partition coefficient (Wildman–Crippen LogP) is 4.81. The van der Waals surface area contributed by atoms with Gasteiger partial charge in [0.15, 0.2) is 0 Å². The fourth-order valence-electron chi connectivity index (χ4n) is 3.76. The minimum atomic E-state index is -0.0807. The zero-order valence-electron chi connectivity index (χ0n) is 13.4. The van der Waals surface area contributed by atoms with Crippen LogP contribution in [0.4, 0.5) is 5.69 Å². The van der Waals surface area contributed by atoms with Crippen molar-refractivity contribution in [2.75, 3.05) is 11.4 Å². The third-order valence-corrected chi connectivity index (χ3v) is 5.67. The largest absolute Gasteiger partial charge is 0.290 e. The van der Waals surface area contributed by atoms with E-state index in [1.165, 1.54) is 5.56 Å². The summed E-state index contributed by atoms with van der Waals surface area (Å²) in [5, 5.41) is 0.969. The smallest absolute Gasteiger partial charge is 0.246 e. The van der Waals surface area contributed by atoms with Gasteiger partial charge >= 0.3 is 0 Å². The Morgan fingerprint density at radius 1 is 1.04 bits per heavy atom. The molecule has 4 rings (SSSR count). The average Bonchev–Trinajstić information content (AvgIpc) is 3.14. The minimum absolute atomic E-state index is 0.0363. The first-order valence-electron chi connectivity index (χ1n) is 8.17. The van der Waals surface area contributed by atoms with Crippen molar-refractivity contribution in [2.45, 2.75) is 32.0 Å². The lowest BCUT2D eigenvalue weighted by molar-refractivity contribution is -0.119. The molecule has 2 saturated heterocycles. The molecule has 0 N–H and O–H groups in total. The Morgan fingerprint density at radius 3 is 2.50 bits per heavy atom. The van der Waals surface area contributed by atoms with E-state index in [9.17, 15) is 4.79 Å². The standard InChI is InChI=1S/C19H18Cl2N2O/c1-12-4-6-13(7-5-12)18-22-10-2-3-17(22)19(24)23(18)14-8-9-15(20)16(21)11-14/h4-9,11,17-18H,2-3,10H2,1H3/t17-,18+/m0/s1. The van der Waals surface area contributed by atoms with Gasteiger partial charge in [-0.25, -0.2) is 0 Å². The maximum atomic E-state index is 13.0. The van der Waals surface area contributed by atoms with Crippen molar-refractivity contribution in [3.8, 4) is 0 Å². The van der Waals surface area contributed by atoms with E-state index in [4.69, 9.17) is 23.2 Å². The van der Waals surface area contributed by atoms with Gasteiger partial charge in [0.05, 0.1) is 16.1 Å². The molecule has 5 heteroatoms. The molecule has 2 fully saturated rings. The van der Waals surface area contributed by atoms with Gasteiger partial charge in [-0.2, -0.15) is 0 Å². The molecule has 124 valence electrons. The fourth-order valence-corrected chi connectivity index (χ4v) is 4.05. The maximum absolute atomic E-state index is 13.0. The van der Waals surface area contributed by atoms with Crippen LogP contribution < -0.4 is 4.90 Å². The highest BCUT2D eigenvalue weighted by Crippen LogP contribution is 2.43. The number of carbonyl (C=O) groups excluding carboxylic acids is 1. The van der Waals surface area contributed by atoms with Gasteiger partial charge in [-0.15, -0.1) is 0 Å². The summed E-state index contributed by atoms with van der Waals surface area (Å²) in [5.41, 5.74) is 3.14. The number of fused-ring (bicyclic) bond motifs is 1. The van der Waals surface area contributed by atoms with Gasteiger partial charge in [0.1, 0.15) is 6.17 Å². The second kappa shape index (κ2) is 6.07. The van der Waals surface area contributed by atoms with Crippen LogP contribution >= 0.6 is 23.2 Å². The number of aryl methyl sites for hydroxylation is 1. The molecule has 24 heavy (non-hydrogen) atoms. The quantitative estimate of drug-likeness (QED) is 0.766. The van der Waals surface area contributed by atoms with Crippen molar-refractivity contribution in [1.29, 1.82) is 0 Å². The maximum Gasteiger partial charge on any atom is 0.246 e. The fraction of sp³-hybridized carbons (Fsp3) is 0.316. The van der Waals surface area contributed by atoms with Crippen LogP contribution in [0.2, 0.25) is 10.0 Å². The van der Waals surface area contributed by atoms with Gasteiger partial charge < -0.3 is 0 Å². The summed E-state index contributed by atoms with van der Waals surface area (Å²) in [4.78, 5) is 17.2. The van der Waals surface area contributed by atoms with Crippen molar-refractivity contribution < 1.29 is 4.79 Å². The molecule has 2 aromatic rings. The molecule has 0 bridgehead atoms. The molecule has 3 nitrogen and oxygen atoms in total. The second-order valence-corrected chi connectivity index (χ2v) is 7.30. The zero-order valence-corrected chi connectivity index (χ0v) is 14.9. The number of anilines is 1. The number of hydrogen-bond donors (Lipinski definition) is 0. The lowest BCUT2D eigenvalue weighted by atomic mass is 10.1. The summed E-state index contributed by atoms with van der Waals surface area (Å²) in [6.07, 6.45) is 1.90. The van der Waals surface area contributed by atoms with Gasteiger partial charge in [0.2, 0.25) is 5.91 Å². The van der Waals surface area contributed by atoms with Gasteiger partial charge in [0, 0.05) is 12.2 Å². The van der Waals surface area contributed by atoms with E-state index in [-0.39, 0.29) is 18.1 Å². The molecule has 0 radical (unpaired) electrons. The lowest BCUT2D eigenvalue weighted by Crippen LogP contribution is -2.32. The van der Waals surface area contributed by atoms with Crippen LogP contribution in [0.25, 0.3) is 0 Å². The van der Waals surface area contributed by atoms with Crippen molar-refractivity contribution in [3.63, 3.8) is 0 Å². The van der Waals surface area contributed by atoms with Gasteiger partial charge in [-0.3, -0.25) is 14.6 Å². The number of nitrogens with zero attached hydrogens (tertiary/aromatic N) is 2. The van der Waals surface area contributed by atoms with Crippen molar-refractivity contribution in [2.24, 2.45) is 0 Å². The van der Waals surface area contributed by atoms with Crippen molar-refractivity contribution in [3.05, 3.63) is 63.6 Å². The van der Waals surface area contributed by atoms with Crippen LogP contribution in [0.1, 0.15) is 30.1 Å². The SMILES string of the molecule is Cc1ccc([C@H]2N(c3ccc(Cl)c(Cl)c3)C(=O)[C@@H]3CCCN32)cc1. The Morgan fingerprint density at radius 2 is 1.79 bits per heavy atom. The number of benzene rings is 2. The van der Waals surface area contributed by atoms with Crippen LogP contribution in [-0.4, -0.2) is 23.4 Å². The molecule has 0 aliphatic carbocycles. The van der Waals surface area contributed by atoms with Gasteiger partial charge in [-0.05, 0) is 43.5 Å². The van der Waals surface area contributed by atoms with Crippen LogP contribution in [-0.2, 0) is 4.79 Å². The number of amides is 1. The minimum Gasteiger partial charge on any atom is -0.290 e. The highest BCUT2D eigenvalue weighted by atomic mass is 35.5. The highest BCUT2D eigenvalue weighted by Gasteiger charge is 2.49. The average molecular weight is 361 g/mol. The van der Waals surface area contributed by atoms with Crippen LogP contribution in [0.5, 0.6) is 0 Å². The van der Waals surface area contributed by atoms with Crippen molar-refractivity contribution in [1.82, 2.24) is 4.90 Å². The van der Waals surface area contributed by atoms with E-state index in [0.29, 0.717) is 10.0 Å². The highest BCUT2D eigenvalue weighted by molar-refractivity contribution is 6.42. The predicted molar refractivity (Wildman–Crippen MR) is 97.6 cm³/mol. The molecule has 0 spiro atoms. The van der Waals surface area contributed by atoms with Crippen LogP contribution in [0.15, 0.2) is 42.5 Å². The first-order valence-corrected chi connectivity index (χ1v) is 8.92. The first kappa shape index (κ1) is 15.9. The molecular formula is C19H18Cl2N2O. The zero-order chi connectivity index (χ0) is 16.8. The third kappa shape index (κ3) is 2.52. The van der Waals surface area contributed by atoms with Gasteiger partial charge in [0.25, 0.3) is 0 Å². The molecule has 2 heterocycles. The molecule has 0 aromatic heterocycles. The molecule has 2 aliphatic heterocycles. The summed E-state index contributed by atoms with van der Waals surface area (Å²) in [5.74, 6) is 0.150. The van der Waals surface area contributed by atoms with E-state index in [2.05, 4.69) is 36.1 Å². The molecular weight excluding hydrogens is 343 g/mol. The molecule has 2 atom stereocenters. The number of hydrogen-bond acceptors (Lipinski definition) is 2. The summed E-state index contributed by atoms with van der Waals surface area (Å²) in [6, 6.07) is 13.8. The Hall–Kier alpha value is -1.55. The normalized spacial score (nSPS) is 23.8. The molecule has 0 unspecified atom stereocenters. The van der Waals surface area contributed by atoms with E-state index >= 15 is 0 Å². The molecule has 0 saturated carbocycles. The van der Waals surface area contributed by atoms with E-state index in [0.717, 1.165) is 30.6 Å². The van der Waals surface area contributed by atoms with E-state index in [1.54, 1.807) is 12.1 Å². The third-order valence-electron chi connectivity index (χ3n) is 4.93. The molecule has 2 aliphatic rings. The van der Waals surface area contributed by atoms with E-state index < -0.39 is 0 Å². The van der Waals surface area contributed by atoms with E-state index in [1.807, 2.05) is 11.0 Å². The second-order valence-electron chi connectivity index (χ2n) is 6.49. The van der Waals surface area contributed by atoms with Crippen LogP contribution in [0.3, 0.4) is 0 Å². The summed E-state index contributed by atoms with van der Waals surface area (Å²) < 4.78 is 0. The Balaban J connectivity index is 1.81.